The minimum Gasteiger partial charge on any atom is -0.302 e. The molecule has 1 heterocycles. The Morgan fingerprint density at radius 1 is 1.10 bits per heavy atom. The van der Waals surface area contributed by atoms with Gasteiger partial charge in [-0.05, 0) is 44.2 Å². The number of amides is 2. The fourth-order valence-corrected chi connectivity index (χ4v) is 3.04. The molecular weight excluding hydrogens is 433 g/mol. The number of hydrogen-bond donors (Lipinski definition) is 2. The average molecular weight is 448 g/mol. The van der Waals surface area contributed by atoms with Gasteiger partial charge in [-0.1, -0.05) is 23.2 Å². The van der Waals surface area contributed by atoms with Gasteiger partial charge in [-0.2, -0.15) is 10.1 Å². The monoisotopic (exact) mass is 447 g/mol. The van der Waals surface area contributed by atoms with E-state index in [0.29, 0.717) is 22.1 Å². The van der Waals surface area contributed by atoms with E-state index in [4.69, 9.17) is 23.2 Å². The largest absolute Gasteiger partial charge is 0.302 e. The topological polar surface area (TPSA) is 117 Å². The number of hydrazine groups is 1. The Labute approximate surface area is 181 Å². The van der Waals surface area contributed by atoms with Crippen molar-refractivity contribution in [2.75, 3.05) is 5.01 Å². The molecule has 30 heavy (non-hydrogen) atoms. The molecule has 0 fully saturated rings. The summed E-state index contributed by atoms with van der Waals surface area (Å²) in [6.45, 7) is 3.27. The van der Waals surface area contributed by atoms with Crippen molar-refractivity contribution in [3.05, 3.63) is 79.5 Å². The van der Waals surface area contributed by atoms with Crippen molar-refractivity contribution in [3.63, 3.8) is 0 Å². The Morgan fingerprint density at radius 2 is 1.77 bits per heavy atom. The second-order valence-corrected chi connectivity index (χ2v) is 7.10. The number of nitro benzene ring substituents is 1. The summed E-state index contributed by atoms with van der Waals surface area (Å²) >= 11 is 11.9. The summed E-state index contributed by atoms with van der Waals surface area (Å²) in [7, 11) is 0. The van der Waals surface area contributed by atoms with Crippen LogP contribution in [0.5, 0.6) is 0 Å². The van der Waals surface area contributed by atoms with Crippen molar-refractivity contribution < 1.29 is 14.5 Å². The van der Waals surface area contributed by atoms with E-state index >= 15 is 0 Å². The molecule has 0 aliphatic carbocycles. The van der Waals surface area contributed by atoms with E-state index in [-0.39, 0.29) is 21.8 Å². The molecular formula is C19H15Cl2N5O4. The molecule has 1 aliphatic rings. The minimum atomic E-state index is -0.554. The van der Waals surface area contributed by atoms with Gasteiger partial charge in [0, 0.05) is 23.4 Å². The number of hydrazone groups is 1. The molecule has 3 rings (SSSR count). The van der Waals surface area contributed by atoms with E-state index in [1.807, 2.05) is 0 Å². The normalized spacial score (nSPS) is 15.0. The van der Waals surface area contributed by atoms with Crippen molar-refractivity contribution in [1.29, 1.82) is 0 Å². The number of benzene rings is 2. The second kappa shape index (κ2) is 8.52. The van der Waals surface area contributed by atoms with E-state index in [0.717, 1.165) is 0 Å². The molecule has 154 valence electrons. The Morgan fingerprint density at radius 3 is 2.37 bits per heavy atom. The fraction of sp³-hybridized carbons (Fsp3) is 0.105. The van der Waals surface area contributed by atoms with Gasteiger partial charge in [0.1, 0.15) is 0 Å². The smallest absolute Gasteiger partial charge is 0.282 e. The average Bonchev–Trinajstić information content (AvgIpc) is 3.02. The number of allylic oxidation sites excluding steroid dienone is 1. The molecule has 0 aromatic heterocycles. The minimum absolute atomic E-state index is 0.122. The Kier molecular flexibility index (Phi) is 6.04. The third kappa shape index (κ3) is 4.27. The van der Waals surface area contributed by atoms with Crippen molar-refractivity contribution in [3.8, 4) is 0 Å². The first-order valence-corrected chi connectivity index (χ1v) is 9.31. The molecule has 0 saturated heterocycles. The first-order valence-electron chi connectivity index (χ1n) is 8.56. The molecule has 0 spiro atoms. The number of rotatable bonds is 5. The second-order valence-electron chi connectivity index (χ2n) is 6.28. The van der Waals surface area contributed by atoms with Crippen LogP contribution >= 0.6 is 23.2 Å². The van der Waals surface area contributed by atoms with Crippen LogP contribution in [-0.2, 0) is 4.79 Å². The quantitative estimate of drug-likeness (QED) is 0.410. The predicted octanol–water partition coefficient (Wildman–Crippen LogP) is 3.83. The van der Waals surface area contributed by atoms with Crippen LogP contribution in [0.25, 0.3) is 0 Å². The third-order valence-electron chi connectivity index (χ3n) is 4.24. The van der Waals surface area contributed by atoms with Crippen molar-refractivity contribution >= 4 is 52.1 Å². The highest BCUT2D eigenvalue weighted by Gasteiger charge is 2.31. The number of non-ortho nitro benzene ring substituents is 1. The van der Waals surface area contributed by atoms with Gasteiger partial charge in [-0.25, -0.2) is 0 Å². The van der Waals surface area contributed by atoms with Gasteiger partial charge in [-0.3, -0.25) is 25.1 Å². The molecule has 2 aromatic rings. The molecule has 9 nitrogen and oxygen atoms in total. The molecule has 0 atom stereocenters. The van der Waals surface area contributed by atoms with Crippen LogP contribution in [0.1, 0.15) is 24.2 Å². The van der Waals surface area contributed by atoms with Crippen molar-refractivity contribution in [2.24, 2.45) is 5.10 Å². The van der Waals surface area contributed by atoms with Crippen molar-refractivity contribution in [1.82, 2.24) is 10.9 Å². The van der Waals surface area contributed by atoms with Crippen LogP contribution < -0.4 is 15.9 Å². The number of hydrogen-bond acceptors (Lipinski definition) is 6. The zero-order valence-corrected chi connectivity index (χ0v) is 17.3. The number of carbonyl (C=O) groups excluding carboxylic acids is 2. The van der Waals surface area contributed by atoms with E-state index in [1.165, 1.54) is 35.3 Å². The maximum Gasteiger partial charge on any atom is 0.282 e. The van der Waals surface area contributed by atoms with Crippen LogP contribution in [0.3, 0.4) is 0 Å². The molecule has 0 radical (unpaired) electrons. The van der Waals surface area contributed by atoms with Crippen LogP contribution in [-0.4, -0.2) is 22.4 Å². The van der Waals surface area contributed by atoms with Crippen molar-refractivity contribution in [2.45, 2.75) is 13.8 Å². The first-order chi connectivity index (χ1) is 14.2. The highest BCUT2D eigenvalue weighted by Crippen LogP contribution is 2.30. The summed E-state index contributed by atoms with van der Waals surface area (Å²) < 4.78 is 0. The molecule has 0 unspecified atom stereocenters. The molecule has 0 saturated carbocycles. The van der Waals surface area contributed by atoms with Gasteiger partial charge in [-0.15, -0.1) is 0 Å². The van der Waals surface area contributed by atoms with Gasteiger partial charge in [0.05, 0.1) is 31.9 Å². The summed E-state index contributed by atoms with van der Waals surface area (Å²) in [6, 6.07) is 9.83. The predicted molar refractivity (Wildman–Crippen MR) is 113 cm³/mol. The number of carbonyl (C=O) groups is 2. The lowest BCUT2D eigenvalue weighted by atomic mass is 10.1. The number of nitro groups is 1. The summed E-state index contributed by atoms with van der Waals surface area (Å²) in [5.74, 6) is -0.924. The lowest BCUT2D eigenvalue weighted by molar-refractivity contribution is -0.384. The lowest BCUT2D eigenvalue weighted by Gasteiger charge is -2.14. The maximum absolute atomic E-state index is 12.8. The number of halogens is 2. The van der Waals surface area contributed by atoms with Gasteiger partial charge < -0.3 is 5.43 Å². The van der Waals surface area contributed by atoms with Crippen LogP contribution in [0.4, 0.5) is 11.4 Å². The standard InChI is InChI=1S/C19H15Cl2N5O4/c1-10(22-23-18(27)12-3-5-13(6-4-12)26(29)30)17-11(2)24-25(19(17)28)14-7-8-15(20)16(21)9-14/h3-9,22H,1-2H3,(H,23,27)/b17-10-. The molecule has 2 aromatic carbocycles. The lowest BCUT2D eigenvalue weighted by Crippen LogP contribution is -2.37. The van der Waals surface area contributed by atoms with E-state index in [2.05, 4.69) is 16.0 Å². The van der Waals surface area contributed by atoms with Crippen LogP contribution in [0, 0.1) is 10.1 Å². The molecule has 11 heteroatoms. The van der Waals surface area contributed by atoms with Gasteiger partial charge >= 0.3 is 0 Å². The van der Waals surface area contributed by atoms with E-state index in [9.17, 15) is 19.7 Å². The Bertz CT molecular complexity index is 1110. The maximum atomic E-state index is 12.8. The molecule has 0 bridgehead atoms. The van der Waals surface area contributed by atoms with Crippen LogP contribution in [0.15, 0.2) is 58.8 Å². The fourth-order valence-electron chi connectivity index (χ4n) is 2.75. The SMILES string of the molecule is CC1=NN(c2ccc(Cl)c(Cl)c2)C(=O)/C1=C(/C)NNC(=O)c1ccc([N+](=O)[O-])cc1. The zero-order chi connectivity index (χ0) is 22.0. The highest BCUT2D eigenvalue weighted by atomic mass is 35.5. The van der Waals surface area contributed by atoms with E-state index in [1.54, 1.807) is 26.0 Å². The third-order valence-corrected chi connectivity index (χ3v) is 4.98. The van der Waals surface area contributed by atoms with Gasteiger partial charge in [0.15, 0.2) is 0 Å². The number of nitrogens with one attached hydrogen (secondary N) is 2. The Balaban J connectivity index is 1.73. The first kappa shape index (κ1) is 21.3. The highest BCUT2D eigenvalue weighted by molar-refractivity contribution is 6.42. The van der Waals surface area contributed by atoms with Crippen LogP contribution in [0.2, 0.25) is 10.0 Å². The molecule has 2 amide bonds. The summed E-state index contributed by atoms with van der Waals surface area (Å²) in [5.41, 5.74) is 6.78. The van der Waals surface area contributed by atoms with E-state index < -0.39 is 16.7 Å². The number of nitrogens with zero attached hydrogens (tertiary/aromatic N) is 3. The molecule has 2 N–H and O–H groups in total. The Hall–Kier alpha value is -3.43. The summed E-state index contributed by atoms with van der Waals surface area (Å²) in [5, 5.41) is 16.8. The number of anilines is 1. The zero-order valence-electron chi connectivity index (χ0n) is 15.8. The van der Waals surface area contributed by atoms with Gasteiger partial charge in [0.2, 0.25) is 0 Å². The summed E-state index contributed by atoms with van der Waals surface area (Å²) in [4.78, 5) is 35.2. The summed E-state index contributed by atoms with van der Waals surface area (Å²) in [6.07, 6.45) is 0. The van der Waals surface area contributed by atoms with Gasteiger partial charge in [0.25, 0.3) is 17.5 Å². The molecule has 1 aliphatic heterocycles.